The summed E-state index contributed by atoms with van der Waals surface area (Å²) in [5.41, 5.74) is 0.703. The van der Waals surface area contributed by atoms with Crippen LogP contribution in [-0.4, -0.2) is 46.0 Å². The minimum absolute atomic E-state index is 0.118. The van der Waals surface area contributed by atoms with Crippen LogP contribution in [-0.2, 0) is 22.6 Å². The summed E-state index contributed by atoms with van der Waals surface area (Å²) in [5, 5.41) is 11.1. The molecular formula is C16H27N3O3S. The number of aromatic nitrogens is 1. The molecule has 1 aromatic heterocycles. The fraction of sp³-hybridized carbons (Fsp3) is 0.688. The van der Waals surface area contributed by atoms with Crippen LogP contribution in [0.2, 0.25) is 0 Å². The minimum Gasteiger partial charge on any atom is -0.483 e. The third-order valence-corrected chi connectivity index (χ3v) is 5.09. The van der Waals surface area contributed by atoms with E-state index in [1.807, 2.05) is 20.8 Å². The number of likely N-dealkylation sites (tertiary alicyclic amines) is 1. The first-order valence-corrected chi connectivity index (χ1v) is 8.74. The Morgan fingerprint density at radius 1 is 1.43 bits per heavy atom. The summed E-state index contributed by atoms with van der Waals surface area (Å²) in [6.45, 7) is 10.6. The molecule has 0 aliphatic carbocycles. The van der Waals surface area contributed by atoms with E-state index < -0.39 is 5.54 Å². The molecule has 1 aliphatic rings. The SMILES string of the molecule is CCc1nc(C)sc1CNC(=O)C(C)(C)N1CCCC1.O=CO. The molecule has 0 unspecified atom stereocenters. The molecule has 0 saturated carbocycles. The van der Waals surface area contributed by atoms with Crippen LogP contribution >= 0.6 is 11.3 Å². The van der Waals surface area contributed by atoms with Gasteiger partial charge in [0.25, 0.3) is 6.47 Å². The number of hydrogen-bond donors (Lipinski definition) is 2. The lowest BCUT2D eigenvalue weighted by Crippen LogP contribution is -2.53. The van der Waals surface area contributed by atoms with Crippen LogP contribution in [0.25, 0.3) is 0 Å². The van der Waals surface area contributed by atoms with E-state index in [9.17, 15) is 4.79 Å². The third kappa shape index (κ3) is 5.28. The molecule has 1 aliphatic heterocycles. The molecule has 1 aromatic rings. The summed E-state index contributed by atoms with van der Waals surface area (Å²) >= 11 is 1.68. The number of carbonyl (C=O) groups excluding carboxylic acids is 1. The number of hydrogen-bond acceptors (Lipinski definition) is 5. The van der Waals surface area contributed by atoms with Crippen LogP contribution in [0.5, 0.6) is 0 Å². The van der Waals surface area contributed by atoms with Crippen molar-refractivity contribution in [3.8, 4) is 0 Å². The number of amides is 1. The van der Waals surface area contributed by atoms with Crippen LogP contribution in [0.4, 0.5) is 0 Å². The van der Waals surface area contributed by atoms with Gasteiger partial charge in [-0.25, -0.2) is 4.98 Å². The molecule has 1 fully saturated rings. The smallest absolute Gasteiger partial charge is 0.290 e. The van der Waals surface area contributed by atoms with Crippen molar-refractivity contribution in [2.75, 3.05) is 13.1 Å². The molecular weight excluding hydrogens is 314 g/mol. The molecule has 0 aromatic carbocycles. The molecule has 1 saturated heterocycles. The lowest BCUT2D eigenvalue weighted by molar-refractivity contribution is -0.131. The van der Waals surface area contributed by atoms with Gasteiger partial charge in [0.05, 0.1) is 22.8 Å². The lowest BCUT2D eigenvalue weighted by atomic mass is 10.0. The zero-order chi connectivity index (χ0) is 17.5. The molecule has 1 amide bonds. The summed E-state index contributed by atoms with van der Waals surface area (Å²) in [5.74, 6) is 0.118. The van der Waals surface area contributed by atoms with Crippen LogP contribution in [0.15, 0.2) is 0 Å². The first-order valence-electron chi connectivity index (χ1n) is 7.93. The minimum atomic E-state index is -0.414. The average molecular weight is 341 g/mol. The summed E-state index contributed by atoms with van der Waals surface area (Å²) in [6.07, 6.45) is 3.32. The summed E-state index contributed by atoms with van der Waals surface area (Å²) < 4.78 is 0. The maximum absolute atomic E-state index is 12.5. The lowest BCUT2D eigenvalue weighted by Gasteiger charge is -2.33. The van der Waals surface area contributed by atoms with E-state index in [1.165, 1.54) is 17.7 Å². The summed E-state index contributed by atoms with van der Waals surface area (Å²) in [4.78, 5) is 28.8. The highest BCUT2D eigenvalue weighted by atomic mass is 32.1. The van der Waals surface area contributed by atoms with Crippen molar-refractivity contribution in [3.05, 3.63) is 15.6 Å². The molecule has 2 heterocycles. The Morgan fingerprint density at radius 2 is 2.00 bits per heavy atom. The predicted molar refractivity (Wildman–Crippen MR) is 91.7 cm³/mol. The van der Waals surface area contributed by atoms with Gasteiger partial charge < -0.3 is 10.4 Å². The molecule has 23 heavy (non-hydrogen) atoms. The summed E-state index contributed by atoms with van der Waals surface area (Å²) in [7, 11) is 0. The zero-order valence-electron chi connectivity index (χ0n) is 14.4. The molecule has 0 spiro atoms. The second-order valence-electron chi connectivity index (χ2n) is 6.00. The van der Waals surface area contributed by atoms with Crippen LogP contribution in [0, 0.1) is 6.92 Å². The number of carboxylic acid groups (broad SMARTS) is 1. The van der Waals surface area contributed by atoms with Gasteiger partial charge in [-0.2, -0.15) is 0 Å². The fourth-order valence-electron chi connectivity index (χ4n) is 2.72. The monoisotopic (exact) mass is 341 g/mol. The highest BCUT2D eigenvalue weighted by Crippen LogP contribution is 2.22. The highest BCUT2D eigenvalue weighted by molar-refractivity contribution is 7.11. The van der Waals surface area contributed by atoms with E-state index in [-0.39, 0.29) is 12.4 Å². The first-order chi connectivity index (χ1) is 10.9. The van der Waals surface area contributed by atoms with Crippen molar-refractivity contribution in [1.82, 2.24) is 15.2 Å². The van der Waals surface area contributed by atoms with Crippen molar-refractivity contribution < 1.29 is 14.7 Å². The van der Waals surface area contributed by atoms with Crippen LogP contribution in [0.1, 0.15) is 49.2 Å². The van der Waals surface area contributed by atoms with E-state index in [1.54, 1.807) is 11.3 Å². The van der Waals surface area contributed by atoms with Gasteiger partial charge in [0, 0.05) is 4.88 Å². The number of nitrogens with one attached hydrogen (secondary N) is 1. The van der Waals surface area contributed by atoms with Crippen molar-refractivity contribution in [2.45, 2.75) is 59.0 Å². The number of aryl methyl sites for hydroxylation is 2. The van der Waals surface area contributed by atoms with Gasteiger partial charge in [-0.1, -0.05) is 6.92 Å². The highest BCUT2D eigenvalue weighted by Gasteiger charge is 2.35. The van der Waals surface area contributed by atoms with Gasteiger partial charge in [-0.3, -0.25) is 14.5 Å². The Labute approximate surface area is 141 Å². The van der Waals surface area contributed by atoms with Crippen molar-refractivity contribution in [2.24, 2.45) is 0 Å². The quantitative estimate of drug-likeness (QED) is 0.802. The molecule has 0 bridgehead atoms. The number of thiazole rings is 1. The number of carbonyl (C=O) groups is 2. The van der Waals surface area contributed by atoms with Crippen molar-refractivity contribution >= 4 is 23.7 Å². The van der Waals surface area contributed by atoms with Gasteiger partial charge in [0.15, 0.2) is 0 Å². The Bertz CT molecular complexity index is 523. The Hall–Kier alpha value is -1.47. The topological polar surface area (TPSA) is 82.5 Å². The van der Waals surface area contributed by atoms with Crippen LogP contribution in [0.3, 0.4) is 0 Å². The van der Waals surface area contributed by atoms with Gasteiger partial charge in [-0.15, -0.1) is 11.3 Å². The maximum Gasteiger partial charge on any atom is 0.290 e. The van der Waals surface area contributed by atoms with Gasteiger partial charge in [0.2, 0.25) is 5.91 Å². The van der Waals surface area contributed by atoms with Crippen LogP contribution < -0.4 is 5.32 Å². The molecule has 2 N–H and O–H groups in total. The zero-order valence-corrected chi connectivity index (χ0v) is 15.2. The van der Waals surface area contributed by atoms with Gasteiger partial charge in [0.1, 0.15) is 0 Å². The van der Waals surface area contributed by atoms with E-state index in [4.69, 9.17) is 9.90 Å². The summed E-state index contributed by atoms with van der Waals surface area (Å²) in [6, 6.07) is 0. The van der Waals surface area contributed by atoms with E-state index in [0.29, 0.717) is 6.54 Å². The van der Waals surface area contributed by atoms with E-state index in [2.05, 4.69) is 22.1 Å². The fourth-order valence-corrected chi connectivity index (χ4v) is 3.69. The standard InChI is InChI=1S/C15H25N3OS.CH2O2/c1-5-12-13(20-11(2)17-12)10-16-14(19)15(3,4)18-8-6-7-9-18;2-1-3/h5-10H2,1-4H3,(H,16,19);1H,(H,2,3). The Balaban J connectivity index is 0.000000816. The number of nitrogens with zero attached hydrogens (tertiary/aromatic N) is 2. The van der Waals surface area contributed by atoms with Gasteiger partial charge in [-0.05, 0) is 53.1 Å². The average Bonchev–Trinajstić information content (AvgIpc) is 3.14. The first kappa shape index (κ1) is 19.6. The molecule has 7 heteroatoms. The number of rotatable bonds is 5. The van der Waals surface area contributed by atoms with Crippen molar-refractivity contribution in [3.63, 3.8) is 0 Å². The predicted octanol–water partition coefficient (Wildman–Crippen LogP) is 2.21. The van der Waals surface area contributed by atoms with Crippen molar-refractivity contribution in [1.29, 1.82) is 0 Å². The normalized spacial score (nSPS) is 15.0. The molecule has 0 atom stereocenters. The second-order valence-corrected chi connectivity index (χ2v) is 7.29. The van der Waals surface area contributed by atoms with E-state index in [0.717, 1.165) is 30.2 Å². The largest absolute Gasteiger partial charge is 0.483 e. The molecule has 0 radical (unpaired) electrons. The Kier molecular flexibility index (Phi) is 7.64. The molecule has 2 rings (SSSR count). The van der Waals surface area contributed by atoms with E-state index >= 15 is 0 Å². The maximum atomic E-state index is 12.5. The third-order valence-electron chi connectivity index (χ3n) is 4.08. The van der Waals surface area contributed by atoms with Gasteiger partial charge >= 0.3 is 0 Å². The molecule has 6 nitrogen and oxygen atoms in total. The molecule has 130 valence electrons. The Morgan fingerprint density at radius 3 is 2.52 bits per heavy atom. The second kappa shape index (κ2) is 8.98.